The molecule has 1 aliphatic heterocycles. The van der Waals surface area contributed by atoms with Crippen molar-refractivity contribution in [2.45, 2.75) is 62.3 Å². The van der Waals surface area contributed by atoms with Crippen LogP contribution in [0.1, 0.15) is 44.9 Å². The van der Waals surface area contributed by atoms with E-state index in [0.29, 0.717) is 18.0 Å². The van der Waals surface area contributed by atoms with Crippen LogP contribution in [0, 0.1) is 0 Å². The fourth-order valence-electron chi connectivity index (χ4n) is 2.77. The van der Waals surface area contributed by atoms with Crippen LogP contribution in [0.2, 0.25) is 0 Å². The van der Waals surface area contributed by atoms with Crippen molar-refractivity contribution in [2.24, 2.45) is 0 Å². The molecule has 0 radical (unpaired) electrons. The van der Waals surface area contributed by atoms with Crippen molar-refractivity contribution in [1.82, 2.24) is 10.6 Å². The van der Waals surface area contributed by atoms with Gasteiger partial charge in [0, 0.05) is 12.1 Å². The summed E-state index contributed by atoms with van der Waals surface area (Å²) < 4.78 is 0. The Morgan fingerprint density at radius 1 is 1.06 bits per heavy atom. The highest BCUT2D eigenvalue weighted by Gasteiger charge is 2.26. The maximum atomic E-state index is 12.1. The zero-order valence-electron chi connectivity index (χ0n) is 10.7. The van der Waals surface area contributed by atoms with Gasteiger partial charge >= 0.3 is 0 Å². The lowest BCUT2D eigenvalue weighted by Crippen LogP contribution is -2.44. The Bertz CT molecular complexity index is 246. The first-order chi connectivity index (χ1) is 8.29. The van der Waals surface area contributed by atoms with E-state index in [2.05, 4.69) is 10.6 Å². The van der Waals surface area contributed by atoms with E-state index in [0.717, 1.165) is 25.0 Å². The van der Waals surface area contributed by atoms with Gasteiger partial charge in [-0.1, -0.05) is 6.42 Å². The molecular formula is C13H24N2OS. The third kappa shape index (κ3) is 3.88. The highest BCUT2D eigenvalue weighted by Crippen LogP contribution is 2.26. The Kier molecular flexibility index (Phi) is 5.16. The van der Waals surface area contributed by atoms with Gasteiger partial charge in [0.05, 0.1) is 5.25 Å². The molecule has 1 atom stereocenters. The summed E-state index contributed by atoms with van der Waals surface area (Å²) in [5, 5.41) is 6.80. The minimum Gasteiger partial charge on any atom is -0.352 e. The summed E-state index contributed by atoms with van der Waals surface area (Å²) in [4.78, 5) is 12.1. The number of rotatable bonds is 3. The largest absolute Gasteiger partial charge is 0.352 e. The molecule has 2 N–H and O–H groups in total. The van der Waals surface area contributed by atoms with Crippen LogP contribution in [0.3, 0.4) is 0 Å². The molecule has 2 fully saturated rings. The molecule has 2 rings (SSSR count). The lowest BCUT2D eigenvalue weighted by atomic mass is 9.91. The molecule has 1 saturated carbocycles. The Labute approximate surface area is 108 Å². The van der Waals surface area contributed by atoms with Gasteiger partial charge in [-0.15, -0.1) is 11.8 Å². The van der Waals surface area contributed by atoms with Gasteiger partial charge in [-0.05, 0) is 51.3 Å². The number of hydrogen-bond acceptors (Lipinski definition) is 3. The second kappa shape index (κ2) is 6.64. The number of nitrogens with one attached hydrogen (secondary N) is 2. The van der Waals surface area contributed by atoms with Gasteiger partial charge in [0.25, 0.3) is 0 Å². The average molecular weight is 256 g/mol. The second-order valence-corrected chi connectivity index (χ2v) is 6.51. The summed E-state index contributed by atoms with van der Waals surface area (Å²) in [6.07, 6.45) is 8.23. The normalized spacial score (nSPS) is 34.3. The highest BCUT2D eigenvalue weighted by atomic mass is 32.2. The summed E-state index contributed by atoms with van der Waals surface area (Å²) in [5.74, 6) is 1.45. The molecule has 17 heavy (non-hydrogen) atoms. The summed E-state index contributed by atoms with van der Waals surface area (Å²) in [6.45, 7) is 0. The van der Waals surface area contributed by atoms with E-state index in [4.69, 9.17) is 0 Å². The van der Waals surface area contributed by atoms with Crippen LogP contribution in [0.5, 0.6) is 0 Å². The van der Waals surface area contributed by atoms with Crippen LogP contribution in [0.25, 0.3) is 0 Å². The van der Waals surface area contributed by atoms with Gasteiger partial charge in [-0.2, -0.15) is 0 Å². The molecule has 98 valence electrons. The van der Waals surface area contributed by atoms with Crippen LogP contribution < -0.4 is 10.6 Å². The van der Waals surface area contributed by atoms with E-state index in [1.807, 2.05) is 18.8 Å². The maximum Gasteiger partial charge on any atom is 0.233 e. The van der Waals surface area contributed by atoms with Crippen molar-refractivity contribution in [3.05, 3.63) is 0 Å². The van der Waals surface area contributed by atoms with E-state index >= 15 is 0 Å². The number of carbonyl (C=O) groups excluding carboxylic acids is 1. The van der Waals surface area contributed by atoms with E-state index in [1.54, 1.807) is 0 Å². The lowest BCUT2D eigenvalue weighted by Gasteiger charge is -2.30. The Hall–Kier alpha value is -0.220. The Balaban J connectivity index is 1.71. The molecule has 1 heterocycles. The van der Waals surface area contributed by atoms with Crippen molar-refractivity contribution in [2.75, 3.05) is 12.8 Å². The van der Waals surface area contributed by atoms with Gasteiger partial charge in [-0.25, -0.2) is 0 Å². The van der Waals surface area contributed by atoms with Gasteiger partial charge in [-0.3, -0.25) is 4.79 Å². The van der Waals surface area contributed by atoms with Crippen molar-refractivity contribution in [3.63, 3.8) is 0 Å². The topological polar surface area (TPSA) is 41.1 Å². The first kappa shape index (κ1) is 13.2. The van der Waals surface area contributed by atoms with E-state index in [-0.39, 0.29) is 5.25 Å². The van der Waals surface area contributed by atoms with Crippen LogP contribution in [0.15, 0.2) is 0 Å². The van der Waals surface area contributed by atoms with Crippen LogP contribution in [-0.4, -0.2) is 36.0 Å². The summed E-state index contributed by atoms with van der Waals surface area (Å²) in [5.41, 5.74) is 0. The van der Waals surface area contributed by atoms with Crippen molar-refractivity contribution in [1.29, 1.82) is 0 Å². The maximum absolute atomic E-state index is 12.1. The molecule has 1 unspecified atom stereocenters. The molecule has 0 bridgehead atoms. The second-order valence-electron chi connectivity index (χ2n) is 5.20. The predicted octanol–water partition coefficient (Wildman–Crippen LogP) is 1.92. The third-order valence-corrected chi connectivity index (χ3v) is 5.33. The molecule has 0 aromatic rings. The highest BCUT2D eigenvalue weighted by molar-refractivity contribution is 8.00. The lowest BCUT2D eigenvalue weighted by molar-refractivity contribution is -0.121. The van der Waals surface area contributed by atoms with Gasteiger partial charge in [0.1, 0.15) is 0 Å². The molecule has 2 aliphatic rings. The number of hydrogen-bond donors (Lipinski definition) is 2. The fraction of sp³-hybridized carbons (Fsp3) is 0.923. The first-order valence-electron chi connectivity index (χ1n) is 6.89. The van der Waals surface area contributed by atoms with Crippen molar-refractivity contribution < 1.29 is 4.79 Å². The van der Waals surface area contributed by atoms with Crippen molar-refractivity contribution >= 4 is 17.7 Å². The summed E-state index contributed by atoms with van der Waals surface area (Å²) >= 11 is 1.84. The molecule has 0 spiro atoms. The number of amides is 1. The first-order valence-corrected chi connectivity index (χ1v) is 7.93. The number of carbonyl (C=O) groups is 1. The average Bonchev–Trinajstić information content (AvgIpc) is 2.40. The van der Waals surface area contributed by atoms with Crippen LogP contribution in [-0.2, 0) is 4.79 Å². The minimum atomic E-state index is 0.228. The van der Waals surface area contributed by atoms with Gasteiger partial charge in [0.15, 0.2) is 0 Å². The Morgan fingerprint density at radius 3 is 2.35 bits per heavy atom. The summed E-state index contributed by atoms with van der Waals surface area (Å²) in [7, 11) is 2.03. The smallest absolute Gasteiger partial charge is 0.233 e. The van der Waals surface area contributed by atoms with Gasteiger partial charge < -0.3 is 10.6 Å². The molecule has 3 nitrogen and oxygen atoms in total. The quantitative estimate of drug-likeness (QED) is 0.810. The molecule has 1 saturated heterocycles. The minimum absolute atomic E-state index is 0.228. The summed E-state index contributed by atoms with van der Waals surface area (Å²) in [6, 6.07) is 1.09. The monoisotopic (exact) mass is 256 g/mol. The predicted molar refractivity (Wildman–Crippen MR) is 73.3 cm³/mol. The zero-order chi connectivity index (χ0) is 12.1. The standard InChI is InChI=1S/C13H24N2OS/c1-14-10-5-7-11(8-6-10)15-13(16)12-4-2-3-9-17-12/h10-12,14H,2-9H2,1H3,(H,15,16). The molecule has 0 aromatic heterocycles. The molecule has 1 amide bonds. The van der Waals surface area contributed by atoms with E-state index in [9.17, 15) is 4.79 Å². The number of thioether (sulfide) groups is 1. The van der Waals surface area contributed by atoms with E-state index in [1.165, 1.54) is 25.7 Å². The molecule has 4 heteroatoms. The Morgan fingerprint density at radius 2 is 1.76 bits per heavy atom. The van der Waals surface area contributed by atoms with Crippen LogP contribution >= 0.6 is 11.8 Å². The fourth-order valence-corrected chi connectivity index (χ4v) is 3.98. The SMILES string of the molecule is CNC1CCC(NC(=O)C2CCCCS2)CC1. The van der Waals surface area contributed by atoms with Gasteiger partial charge in [0.2, 0.25) is 5.91 Å². The van der Waals surface area contributed by atoms with Crippen LogP contribution in [0.4, 0.5) is 0 Å². The molecular weight excluding hydrogens is 232 g/mol. The van der Waals surface area contributed by atoms with Crippen molar-refractivity contribution in [3.8, 4) is 0 Å². The molecule has 0 aromatic carbocycles. The zero-order valence-corrected chi connectivity index (χ0v) is 11.5. The van der Waals surface area contributed by atoms with E-state index < -0.39 is 0 Å². The third-order valence-electron chi connectivity index (χ3n) is 3.95. The molecule has 1 aliphatic carbocycles.